The van der Waals surface area contributed by atoms with E-state index in [1.807, 2.05) is 6.07 Å². The van der Waals surface area contributed by atoms with Crippen molar-refractivity contribution in [2.45, 2.75) is 64.3 Å². The van der Waals surface area contributed by atoms with E-state index in [1.54, 1.807) is 6.20 Å². The highest BCUT2D eigenvalue weighted by atomic mass is 19.1. The first kappa shape index (κ1) is 15.4. The summed E-state index contributed by atoms with van der Waals surface area (Å²) in [5, 5.41) is 3.50. The first-order valence-electron chi connectivity index (χ1n) is 8.14. The van der Waals surface area contributed by atoms with Crippen LogP contribution in [0, 0.1) is 11.7 Å². The molecule has 0 saturated heterocycles. The van der Waals surface area contributed by atoms with Crippen molar-refractivity contribution < 1.29 is 4.39 Å². The van der Waals surface area contributed by atoms with Gasteiger partial charge in [0.25, 0.3) is 0 Å². The molecule has 0 aromatic carbocycles. The molecule has 1 unspecified atom stereocenters. The molecule has 1 heterocycles. The van der Waals surface area contributed by atoms with Gasteiger partial charge in [-0.05, 0) is 37.8 Å². The van der Waals surface area contributed by atoms with Crippen LogP contribution >= 0.6 is 0 Å². The molecular formula is C17H27FN2. The molecular weight excluding hydrogens is 251 g/mol. The highest BCUT2D eigenvalue weighted by Crippen LogP contribution is 2.30. The van der Waals surface area contributed by atoms with Gasteiger partial charge in [-0.25, -0.2) is 4.39 Å². The summed E-state index contributed by atoms with van der Waals surface area (Å²) in [5.41, 5.74) is 0.782. The maximum Gasteiger partial charge on any atom is 0.146 e. The van der Waals surface area contributed by atoms with Crippen molar-refractivity contribution in [2.75, 3.05) is 6.54 Å². The number of halogens is 1. The smallest absolute Gasteiger partial charge is 0.146 e. The molecule has 1 aromatic rings. The minimum Gasteiger partial charge on any atom is -0.310 e. The number of hydrogen-bond acceptors (Lipinski definition) is 2. The molecule has 112 valence electrons. The minimum atomic E-state index is -0.176. The molecule has 0 radical (unpaired) electrons. The van der Waals surface area contributed by atoms with Crippen molar-refractivity contribution in [3.63, 3.8) is 0 Å². The molecule has 1 aliphatic rings. The number of nitrogens with zero attached hydrogens (tertiary/aromatic N) is 1. The topological polar surface area (TPSA) is 24.9 Å². The van der Waals surface area contributed by atoms with Gasteiger partial charge in [-0.1, -0.05) is 39.0 Å². The number of rotatable bonds is 7. The SMILES string of the molecule is CCCNC(CCC1CCCCC1)c1ccncc1F. The highest BCUT2D eigenvalue weighted by molar-refractivity contribution is 5.17. The Morgan fingerprint density at radius 2 is 2.15 bits per heavy atom. The number of hydrogen-bond donors (Lipinski definition) is 1. The van der Waals surface area contributed by atoms with Gasteiger partial charge in [0, 0.05) is 17.8 Å². The van der Waals surface area contributed by atoms with Crippen LogP contribution in [-0.2, 0) is 0 Å². The molecule has 0 aliphatic heterocycles. The second kappa shape index (κ2) is 8.35. The third-order valence-electron chi connectivity index (χ3n) is 4.41. The summed E-state index contributed by atoms with van der Waals surface area (Å²) in [5.74, 6) is 0.671. The van der Waals surface area contributed by atoms with E-state index in [0.717, 1.165) is 30.9 Å². The zero-order valence-corrected chi connectivity index (χ0v) is 12.6. The minimum absolute atomic E-state index is 0.139. The van der Waals surface area contributed by atoms with Crippen molar-refractivity contribution >= 4 is 0 Å². The lowest BCUT2D eigenvalue weighted by molar-refractivity contribution is 0.312. The van der Waals surface area contributed by atoms with E-state index < -0.39 is 0 Å². The van der Waals surface area contributed by atoms with Crippen LogP contribution in [0.3, 0.4) is 0 Å². The molecule has 3 heteroatoms. The Balaban J connectivity index is 1.94. The standard InChI is InChI=1S/C17H27FN2/c1-2-11-20-17(15-10-12-19-13-16(15)18)9-8-14-6-4-3-5-7-14/h10,12-14,17,20H,2-9,11H2,1H3. The Bertz CT molecular complexity index is 388. The van der Waals surface area contributed by atoms with Gasteiger partial charge < -0.3 is 5.32 Å². The van der Waals surface area contributed by atoms with Gasteiger partial charge in [0.15, 0.2) is 0 Å². The van der Waals surface area contributed by atoms with Gasteiger partial charge >= 0.3 is 0 Å². The molecule has 1 fully saturated rings. The van der Waals surface area contributed by atoms with Crippen LogP contribution in [0.1, 0.15) is 69.9 Å². The van der Waals surface area contributed by atoms with E-state index in [-0.39, 0.29) is 11.9 Å². The molecule has 0 amide bonds. The molecule has 1 saturated carbocycles. The summed E-state index contributed by atoms with van der Waals surface area (Å²) >= 11 is 0. The second-order valence-corrected chi connectivity index (χ2v) is 5.99. The van der Waals surface area contributed by atoms with E-state index in [2.05, 4.69) is 17.2 Å². The van der Waals surface area contributed by atoms with Crippen LogP contribution in [0.5, 0.6) is 0 Å². The van der Waals surface area contributed by atoms with Crippen molar-refractivity contribution in [1.82, 2.24) is 10.3 Å². The molecule has 2 rings (SSSR count). The molecule has 1 N–H and O–H groups in total. The van der Waals surface area contributed by atoms with Crippen LogP contribution in [0.2, 0.25) is 0 Å². The fraction of sp³-hybridized carbons (Fsp3) is 0.706. The lowest BCUT2D eigenvalue weighted by Crippen LogP contribution is -2.24. The van der Waals surface area contributed by atoms with Crippen LogP contribution < -0.4 is 5.32 Å². The van der Waals surface area contributed by atoms with Crippen LogP contribution in [0.4, 0.5) is 4.39 Å². The van der Waals surface area contributed by atoms with E-state index >= 15 is 0 Å². The van der Waals surface area contributed by atoms with E-state index in [1.165, 1.54) is 44.7 Å². The van der Waals surface area contributed by atoms with Gasteiger partial charge in [-0.3, -0.25) is 4.98 Å². The fourth-order valence-electron chi connectivity index (χ4n) is 3.23. The Hall–Kier alpha value is -0.960. The van der Waals surface area contributed by atoms with Crippen molar-refractivity contribution in [3.8, 4) is 0 Å². The molecule has 1 aromatic heterocycles. The van der Waals surface area contributed by atoms with E-state index in [9.17, 15) is 4.39 Å². The van der Waals surface area contributed by atoms with Gasteiger partial charge in [-0.15, -0.1) is 0 Å². The van der Waals surface area contributed by atoms with E-state index in [0.29, 0.717) is 0 Å². The summed E-state index contributed by atoms with van der Waals surface area (Å²) in [7, 11) is 0. The maximum atomic E-state index is 13.9. The first-order chi connectivity index (χ1) is 9.81. The van der Waals surface area contributed by atoms with Crippen LogP contribution in [-0.4, -0.2) is 11.5 Å². The lowest BCUT2D eigenvalue weighted by atomic mass is 9.84. The van der Waals surface area contributed by atoms with Crippen LogP contribution in [0.15, 0.2) is 18.5 Å². The third kappa shape index (κ3) is 4.55. The second-order valence-electron chi connectivity index (χ2n) is 5.99. The lowest BCUT2D eigenvalue weighted by Gasteiger charge is -2.25. The maximum absolute atomic E-state index is 13.9. The molecule has 2 nitrogen and oxygen atoms in total. The van der Waals surface area contributed by atoms with Gasteiger partial charge in [0.2, 0.25) is 0 Å². The Labute approximate surface area is 122 Å². The van der Waals surface area contributed by atoms with E-state index in [4.69, 9.17) is 0 Å². The summed E-state index contributed by atoms with van der Waals surface area (Å²) < 4.78 is 13.9. The van der Waals surface area contributed by atoms with Crippen molar-refractivity contribution in [3.05, 3.63) is 29.8 Å². The third-order valence-corrected chi connectivity index (χ3v) is 4.41. The zero-order valence-electron chi connectivity index (χ0n) is 12.6. The van der Waals surface area contributed by atoms with Crippen molar-refractivity contribution in [1.29, 1.82) is 0 Å². The number of pyridine rings is 1. The normalized spacial score (nSPS) is 18.1. The average molecular weight is 278 g/mol. The van der Waals surface area contributed by atoms with Gasteiger partial charge in [0.1, 0.15) is 5.82 Å². The Morgan fingerprint density at radius 3 is 2.85 bits per heavy atom. The summed E-state index contributed by atoms with van der Waals surface area (Å²) in [6.07, 6.45) is 13.2. The Morgan fingerprint density at radius 1 is 1.35 bits per heavy atom. The largest absolute Gasteiger partial charge is 0.310 e. The molecule has 1 aliphatic carbocycles. The summed E-state index contributed by atoms with van der Waals surface area (Å²) in [6.45, 7) is 3.09. The number of nitrogens with one attached hydrogen (secondary N) is 1. The summed E-state index contributed by atoms with van der Waals surface area (Å²) in [4.78, 5) is 3.85. The average Bonchev–Trinajstić information content (AvgIpc) is 2.49. The number of aromatic nitrogens is 1. The monoisotopic (exact) mass is 278 g/mol. The predicted octanol–water partition coefficient (Wildman–Crippen LogP) is 4.62. The highest BCUT2D eigenvalue weighted by Gasteiger charge is 2.19. The molecule has 0 spiro atoms. The molecule has 20 heavy (non-hydrogen) atoms. The quantitative estimate of drug-likeness (QED) is 0.787. The van der Waals surface area contributed by atoms with Gasteiger partial charge in [0.05, 0.1) is 6.20 Å². The van der Waals surface area contributed by atoms with Crippen LogP contribution in [0.25, 0.3) is 0 Å². The summed E-state index contributed by atoms with van der Waals surface area (Å²) in [6, 6.07) is 1.96. The first-order valence-corrected chi connectivity index (χ1v) is 8.14. The predicted molar refractivity (Wildman–Crippen MR) is 81.0 cm³/mol. The molecule has 1 atom stereocenters. The Kier molecular flexibility index (Phi) is 6.44. The van der Waals surface area contributed by atoms with Crippen molar-refractivity contribution in [2.24, 2.45) is 5.92 Å². The fourth-order valence-corrected chi connectivity index (χ4v) is 3.23. The molecule has 0 bridgehead atoms. The van der Waals surface area contributed by atoms with Gasteiger partial charge in [-0.2, -0.15) is 0 Å². The zero-order chi connectivity index (χ0) is 14.2.